The standard InChI is InChI=1S/C12H9N3OS/c1-15-9(7-13-14-15)12(16)11-6-8-4-2-3-5-10(8)17-11/h2-7H,1H3. The summed E-state index contributed by atoms with van der Waals surface area (Å²) >= 11 is 1.49. The lowest BCUT2D eigenvalue weighted by molar-refractivity contribution is 0.103. The molecule has 2 aromatic heterocycles. The highest BCUT2D eigenvalue weighted by Gasteiger charge is 2.16. The van der Waals surface area contributed by atoms with Crippen LogP contribution < -0.4 is 0 Å². The van der Waals surface area contributed by atoms with Crippen molar-refractivity contribution in [2.75, 3.05) is 0 Å². The SMILES string of the molecule is Cn1nncc1C(=O)c1cc2ccccc2s1. The molecule has 0 N–H and O–H groups in total. The van der Waals surface area contributed by atoms with Crippen molar-refractivity contribution in [2.24, 2.45) is 7.05 Å². The van der Waals surface area contributed by atoms with E-state index in [0.29, 0.717) is 5.69 Å². The Balaban J connectivity index is 2.10. The average Bonchev–Trinajstić information content (AvgIpc) is 2.93. The van der Waals surface area contributed by atoms with Gasteiger partial charge in [-0.05, 0) is 17.5 Å². The van der Waals surface area contributed by atoms with E-state index in [1.165, 1.54) is 22.2 Å². The number of thiophene rings is 1. The Morgan fingerprint density at radius 1 is 1.35 bits per heavy atom. The highest BCUT2D eigenvalue weighted by atomic mass is 32.1. The molecule has 0 aliphatic carbocycles. The Kier molecular flexibility index (Phi) is 2.26. The average molecular weight is 243 g/mol. The van der Waals surface area contributed by atoms with Crippen molar-refractivity contribution in [3.63, 3.8) is 0 Å². The van der Waals surface area contributed by atoms with Crippen molar-refractivity contribution in [3.05, 3.63) is 47.1 Å². The smallest absolute Gasteiger partial charge is 0.222 e. The maximum atomic E-state index is 12.2. The molecular weight excluding hydrogens is 234 g/mol. The second kappa shape index (κ2) is 3.78. The molecule has 1 aromatic carbocycles. The number of rotatable bonds is 2. The zero-order chi connectivity index (χ0) is 11.8. The van der Waals surface area contributed by atoms with E-state index in [1.54, 1.807) is 7.05 Å². The summed E-state index contributed by atoms with van der Waals surface area (Å²) in [5.41, 5.74) is 0.511. The van der Waals surface area contributed by atoms with Crippen molar-refractivity contribution < 1.29 is 4.79 Å². The number of fused-ring (bicyclic) bond motifs is 1. The third kappa shape index (κ3) is 1.64. The van der Waals surface area contributed by atoms with Crippen LogP contribution in [0.2, 0.25) is 0 Å². The highest BCUT2D eigenvalue weighted by molar-refractivity contribution is 7.21. The molecule has 0 unspecified atom stereocenters. The Bertz CT molecular complexity index is 665. The molecule has 0 atom stereocenters. The van der Waals surface area contributed by atoms with Crippen molar-refractivity contribution in [1.29, 1.82) is 0 Å². The number of carbonyl (C=O) groups excluding carboxylic acids is 1. The minimum atomic E-state index is -0.0290. The van der Waals surface area contributed by atoms with E-state index in [4.69, 9.17) is 0 Å². The second-order valence-electron chi connectivity index (χ2n) is 3.72. The van der Waals surface area contributed by atoms with Crippen molar-refractivity contribution >= 4 is 27.2 Å². The number of nitrogens with zero attached hydrogens (tertiary/aromatic N) is 3. The first-order chi connectivity index (χ1) is 8.25. The monoisotopic (exact) mass is 243 g/mol. The van der Waals surface area contributed by atoms with Gasteiger partial charge in [-0.2, -0.15) is 0 Å². The van der Waals surface area contributed by atoms with E-state index in [1.807, 2.05) is 30.3 Å². The summed E-state index contributed by atoms with van der Waals surface area (Å²) in [6.07, 6.45) is 1.49. The molecule has 84 valence electrons. The van der Waals surface area contributed by atoms with Gasteiger partial charge in [0, 0.05) is 11.7 Å². The maximum Gasteiger partial charge on any atom is 0.222 e. The van der Waals surface area contributed by atoms with Crippen LogP contribution in [0.4, 0.5) is 0 Å². The van der Waals surface area contributed by atoms with E-state index in [-0.39, 0.29) is 5.78 Å². The van der Waals surface area contributed by atoms with Gasteiger partial charge < -0.3 is 0 Å². The summed E-state index contributed by atoms with van der Waals surface area (Å²) in [7, 11) is 1.72. The van der Waals surface area contributed by atoms with E-state index in [0.717, 1.165) is 15.0 Å². The van der Waals surface area contributed by atoms with Gasteiger partial charge in [-0.1, -0.05) is 23.4 Å². The molecule has 0 spiro atoms. The lowest BCUT2D eigenvalue weighted by atomic mass is 10.2. The summed E-state index contributed by atoms with van der Waals surface area (Å²) < 4.78 is 2.61. The third-order valence-corrected chi connectivity index (χ3v) is 3.71. The molecule has 0 radical (unpaired) electrons. The largest absolute Gasteiger partial charge is 0.286 e. The molecule has 0 aliphatic rings. The van der Waals surface area contributed by atoms with Crippen LogP contribution in [-0.4, -0.2) is 20.8 Å². The van der Waals surface area contributed by atoms with Gasteiger partial charge in [0.25, 0.3) is 0 Å². The van der Waals surface area contributed by atoms with E-state index in [2.05, 4.69) is 10.3 Å². The van der Waals surface area contributed by atoms with Gasteiger partial charge in [0.1, 0.15) is 5.69 Å². The summed E-state index contributed by atoms with van der Waals surface area (Å²) in [4.78, 5) is 12.9. The molecule has 0 bridgehead atoms. The topological polar surface area (TPSA) is 47.8 Å². The Hall–Kier alpha value is -2.01. The van der Waals surface area contributed by atoms with Crippen molar-refractivity contribution in [1.82, 2.24) is 15.0 Å². The normalized spacial score (nSPS) is 10.9. The zero-order valence-electron chi connectivity index (χ0n) is 9.12. The molecule has 2 heterocycles. The molecule has 17 heavy (non-hydrogen) atoms. The first-order valence-electron chi connectivity index (χ1n) is 5.13. The van der Waals surface area contributed by atoms with E-state index >= 15 is 0 Å². The third-order valence-electron chi connectivity index (χ3n) is 2.60. The van der Waals surface area contributed by atoms with Crippen LogP contribution in [0, 0.1) is 0 Å². The molecule has 0 saturated carbocycles. The minimum Gasteiger partial charge on any atom is -0.286 e. The van der Waals surface area contributed by atoms with Crippen LogP contribution in [0.5, 0.6) is 0 Å². The Morgan fingerprint density at radius 2 is 2.18 bits per heavy atom. The van der Waals surface area contributed by atoms with Crippen LogP contribution in [-0.2, 0) is 7.05 Å². The Labute approximate surface area is 101 Å². The lowest BCUT2D eigenvalue weighted by Gasteiger charge is -1.95. The molecule has 5 heteroatoms. The van der Waals surface area contributed by atoms with Gasteiger partial charge in [-0.25, -0.2) is 4.68 Å². The molecule has 3 aromatic rings. The van der Waals surface area contributed by atoms with Crippen LogP contribution >= 0.6 is 11.3 Å². The minimum absolute atomic E-state index is 0.0290. The number of aromatic nitrogens is 3. The van der Waals surface area contributed by atoms with Crippen LogP contribution in [0.25, 0.3) is 10.1 Å². The quantitative estimate of drug-likeness (QED) is 0.649. The van der Waals surface area contributed by atoms with Crippen molar-refractivity contribution in [3.8, 4) is 0 Å². The first-order valence-corrected chi connectivity index (χ1v) is 5.95. The first kappa shape index (κ1) is 10.2. The van der Waals surface area contributed by atoms with Gasteiger partial charge in [0.15, 0.2) is 0 Å². The molecule has 0 saturated heterocycles. The molecule has 0 fully saturated rings. The summed E-state index contributed by atoms with van der Waals surface area (Å²) in [5.74, 6) is -0.0290. The fourth-order valence-electron chi connectivity index (χ4n) is 1.72. The zero-order valence-corrected chi connectivity index (χ0v) is 9.94. The summed E-state index contributed by atoms with van der Waals surface area (Å²) in [5, 5.41) is 8.58. The summed E-state index contributed by atoms with van der Waals surface area (Å²) in [6, 6.07) is 9.87. The van der Waals surface area contributed by atoms with Crippen LogP contribution in [0.3, 0.4) is 0 Å². The molecule has 0 amide bonds. The van der Waals surface area contributed by atoms with Crippen molar-refractivity contribution in [2.45, 2.75) is 0 Å². The number of aryl methyl sites for hydroxylation is 1. The molecular formula is C12H9N3OS. The van der Waals surface area contributed by atoms with Gasteiger partial charge in [0.05, 0.1) is 11.1 Å². The maximum absolute atomic E-state index is 12.2. The van der Waals surface area contributed by atoms with Gasteiger partial charge in [-0.15, -0.1) is 16.4 Å². The lowest BCUT2D eigenvalue weighted by Crippen LogP contribution is -2.06. The second-order valence-corrected chi connectivity index (χ2v) is 4.80. The summed E-state index contributed by atoms with van der Waals surface area (Å²) in [6.45, 7) is 0. The predicted octanol–water partition coefficient (Wildman–Crippen LogP) is 2.26. The van der Waals surface area contributed by atoms with Gasteiger partial charge in [0.2, 0.25) is 5.78 Å². The number of hydrogen-bond acceptors (Lipinski definition) is 4. The fraction of sp³-hybridized carbons (Fsp3) is 0.0833. The van der Waals surface area contributed by atoms with Crippen LogP contribution in [0.15, 0.2) is 36.5 Å². The Morgan fingerprint density at radius 3 is 2.88 bits per heavy atom. The number of ketones is 1. The number of benzene rings is 1. The van der Waals surface area contributed by atoms with E-state index in [9.17, 15) is 4.79 Å². The number of carbonyl (C=O) groups is 1. The predicted molar refractivity (Wildman–Crippen MR) is 66.3 cm³/mol. The highest BCUT2D eigenvalue weighted by Crippen LogP contribution is 2.26. The molecule has 3 rings (SSSR count). The molecule has 0 aliphatic heterocycles. The molecule has 4 nitrogen and oxygen atoms in total. The van der Waals surface area contributed by atoms with Gasteiger partial charge >= 0.3 is 0 Å². The fourth-order valence-corrected chi connectivity index (χ4v) is 2.73. The number of hydrogen-bond donors (Lipinski definition) is 0. The van der Waals surface area contributed by atoms with Gasteiger partial charge in [-0.3, -0.25) is 4.79 Å². The van der Waals surface area contributed by atoms with Crippen LogP contribution in [0.1, 0.15) is 15.4 Å². The van der Waals surface area contributed by atoms with E-state index < -0.39 is 0 Å².